The fraction of sp³-hybridized carbons (Fsp3) is 0.364. The summed E-state index contributed by atoms with van der Waals surface area (Å²) in [5.74, 6) is -0.600. The van der Waals surface area contributed by atoms with Crippen LogP contribution in [0.3, 0.4) is 0 Å². The molecule has 0 fully saturated rings. The third kappa shape index (κ3) is 3.82. The van der Waals surface area contributed by atoms with E-state index in [0.29, 0.717) is 5.56 Å². The van der Waals surface area contributed by atoms with Gasteiger partial charge in [-0.25, -0.2) is 0 Å². The molecule has 92 valence electrons. The molecule has 0 bridgehead atoms. The second-order valence-corrected chi connectivity index (χ2v) is 3.77. The lowest BCUT2D eigenvalue weighted by Gasteiger charge is -2.08. The molecule has 17 heavy (non-hydrogen) atoms. The first kappa shape index (κ1) is 13.1. The quantitative estimate of drug-likeness (QED) is 0.631. The molecule has 5 nitrogen and oxygen atoms in total. The van der Waals surface area contributed by atoms with Gasteiger partial charge in [-0.15, -0.1) is 0 Å². The molecule has 1 atom stereocenters. The fourth-order valence-corrected chi connectivity index (χ4v) is 1.16. The molecule has 1 amide bonds. The van der Waals surface area contributed by atoms with Crippen molar-refractivity contribution in [3.8, 4) is 0 Å². The molecule has 0 aromatic heterocycles. The molecule has 0 saturated carbocycles. The zero-order valence-corrected chi connectivity index (χ0v) is 9.35. The van der Waals surface area contributed by atoms with Crippen LogP contribution in [0.25, 0.3) is 0 Å². The molecule has 0 spiro atoms. The monoisotopic (exact) mass is 240 g/mol. The van der Waals surface area contributed by atoms with Crippen molar-refractivity contribution in [1.29, 1.82) is 0 Å². The Labute approximate surface area is 97.8 Å². The molecular weight excluding hydrogens is 227 g/mol. The maximum absolute atomic E-state index is 12.2. The average Bonchev–Trinajstić information content (AvgIpc) is 2.35. The van der Waals surface area contributed by atoms with Crippen molar-refractivity contribution in [3.05, 3.63) is 39.9 Å². The summed E-state index contributed by atoms with van der Waals surface area (Å²) < 4.78 is 12.2. The maximum atomic E-state index is 12.2. The number of nitrogens with one attached hydrogen (secondary N) is 1. The van der Waals surface area contributed by atoms with Crippen molar-refractivity contribution in [2.45, 2.75) is 6.92 Å². The lowest BCUT2D eigenvalue weighted by molar-refractivity contribution is -0.384. The van der Waals surface area contributed by atoms with Crippen molar-refractivity contribution in [2.75, 3.05) is 13.2 Å². The molecule has 1 aromatic rings. The van der Waals surface area contributed by atoms with Crippen LogP contribution in [0.2, 0.25) is 0 Å². The molecule has 0 radical (unpaired) electrons. The van der Waals surface area contributed by atoms with Gasteiger partial charge < -0.3 is 5.32 Å². The molecule has 1 rings (SSSR count). The maximum Gasteiger partial charge on any atom is 0.269 e. The number of hydrogen-bond acceptors (Lipinski definition) is 3. The van der Waals surface area contributed by atoms with Gasteiger partial charge in [-0.1, -0.05) is 6.92 Å². The highest BCUT2D eigenvalue weighted by Gasteiger charge is 2.10. The van der Waals surface area contributed by atoms with E-state index in [1.54, 1.807) is 6.92 Å². The third-order valence-corrected chi connectivity index (χ3v) is 2.21. The van der Waals surface area contributed by atoms with E-state index in [2.05, 4.69) is 5.32 Å². The average molecular weight is 240 g/mol. The summed E-state index contributed by atoms with van der Waals surface area (Å²) in [6.07, 6.45) is 0. The Morgan fingerprint density at radius 1 is 1.47 bits per heavy atom. The minimum Gasteiger partial charge on any atom is -0.352 e. The zero-order valence-electron chi connectivity index (χ0n) is 9.35. The van der Waals surface area contributed by atoms with E-state index < -0.39 is 11.6 Å². The number of carbonyl (C=O) groups excluding carboxylic acids is 1. The number of hydrogen-bond donors (Lipinski definition) is 1. The van der Waals surface area contributed by atoms with Crippen molar-refractivity contribution in [1.82, 2.24) is 5.32 Å². The van der Waals surface area contributed by atoms with Crippen molar-refractivity contribution in [2.24, 2.45) is 5.92 Å². The molecule has 0 aliphatic carbocycles. The Morgan fingerprint density at radius 3 is 2.53 bits per heavy atom. The molecule has 0 aliphatic heterocycles. The number of benzene rings is 1. The number of nitro groups is 1. The number of nitro benzene ring substituents is 1. The van der Waals surface area contributed by atoms with Gasteiger partial charge in [-0.05, 0) is 12.1 Å². The van der Waals surface area contributed by atoms with Gasteiger partial charge in [-0.2, -0.15) is 0 Å². The smallest absolute Gasteiger partial charge is 0.269 e. The van der Waals surface area contributed by atoms with Crippen LogP contribution in [0.4, 0.5) is 10.1 Å². The standard InChI is InChI=1S/C11H13FN2O3/c1-8(6-12)7-13-11(15)9-2-4-10(5-3-9)14(16)17/h2-5,8H,6-7H2,1H3,(H,13,15). The van der Waals surface area contributed by atoms with E-state index in [0.717, 1.165) is 0 Å². The van der Waals surface area contributed by atoms with E-state index in [9.17, 15) is 19.3 Å². The van der Waals surface area contributed by atoms with E-state index >= 15 is 0 Å². The first-order valence-electron chi connectivity index (χ1n) is 5.13. The number of alkyl halides is 1. The summed E-state index contributed by atoms with van der Waals surface area (Å²) in [6, 6.07) is 5.25. The molecule has 1 aromatic carbocycles. The highest BCUT2D eigenvalue weighted by Crippen LogP contribution is 2.11. The zero-order chi connectivity index (χ0) is 12.8. The Bertz CT molecular complexity index is 406. The van der Waals surface area contributed by atoms with Crippen LogP contribution in [-0.4, -0.2) is 24.0 Å². The van der Waals surface area contributed by atoms with Crippen LogP contribution in [0.15, 0.2) is 24.3 Å². The number of amides is 1. The second kappa shape index (κ2) is 5.93. The first-order chi connectivity index (χ1) is 8.04. The van der Waals surface area contributed by atoms with Crippen LogP contribution >= 0.6 is 0 Å². The van der Waals surface area contributed by atoms with Crippen LogP contribution < -0.4 is 5.32 Å². The predicted octanol–water partition coefficient (Wildman–Crippen LogP) is 1.93. The highest BCUT2D eigenvalue weighted by molar-refractivity contribution is 5.94. The highest BCUT2D eigenvalue weighted by atomic mass is 19.1. The normalized spacial score (nSPS) is 11.9. The van der Waals surface area contributed by atoms with Crippen LogP contribution in [0, 0.1) is 16.0 Å². The molecule has 6 heteroatoms. The predicted molar refractivity (Wildman–Crippen MR) is 60.6 cm³/mol. The lowest BCUT2D eigenvalue weighted by Crippen LogP contribution is -2.28. The van der Waals surface area contributed by atoms with Crippen LogP contribution in [0.5, 0.6) is 0 Å². The van der Waals surface area contributed by atoms with Gasteiger partial charge in [0.1, 0.15) is 0 Å². The molecular formula is C11H13FN2O3. The molecule has 1 N–H and O–H groups in total. The number of carbonyl (C=O) groups is 1. The van der Waals surface area contributed by atoms with Gasteiger partial charge in [0.05, 0.1) is 11.6 Å². The summed E-state index contributed by atoms with van der Waals surface area (Å²) in [7, 11) is 0. The van der Waals surface area contributed by atoms with E-state index in [1.165, 1.54) is 24.3 Å². The lowest BCUT2D eigenvalue weighted by atomic mass is 10.1. The minimum absolute atomic E-state index is 0.0707. The SMILES string of the molecule is CC(CF)CNC(=O)c1ccc([N+](=O)[O-])cc1. The van der Waals surface area contributed by atoms with Gasteiger partial charge in [0.25, 0.3) is 11.6 Å². The topological polar surface area (TPSA) is 72.2 Å². The van der Waals surface area contributed by atoms with Crippen molar-refractivity contribution >= 4 is 11.6 Å². The summed E-state index contributed by atoms with van der Waals surface area (Å²) >= 11 is 0. The largest absolute Gasteiger partial charge is 0.352 e. The summed E-state index contributed by atoms with van der Waals surface area (Å²) in [5.41, 5.74) is 0.250. The van der Waals surface area contributed by atoms with Crippen molar-refractivity contribution in [3.63, 3.8) is 0 Å². The Balaban J connectivity index is 2.61. The molecule has 1 unspecified atom stereocenters. The Kier molecular flexibility index (Phi) is 4.56. The number of rotatable bonds is 5. The summed E-state index contributed by atoms with van der Waals surface area (Å²) in [6.45, 7) is 1.42. The Hall–Kier alpha value is -1.98. The van der Waals surface area contributed by atoms with E-state index in [1.807, 2.05) is 0 Å². The molecule has 0 aliphatic rings. The van der Waals surface area contributed by atoms with Gasteiger partial charge in [0.15, 0.2) is 0 Å². The fourth-order valence-electron chi connectivity index (χ4n) is 1.16. The van der Waals surface area contributed by atoms with Gasteiger partial charge in [0.2, 0.25) is 0 Å². The summed E-state index contributed by atoms with van der Waals surface area (Å²) in [4.78, 5) is 21.4. The van der Waals surface area contributed by atoms with E-state index in [-0.39, 0.29) is 24.1 Å². The number of nitrogens with zero attached hydrogens (tertiary/aromatic N) is 1. The van der Waals surface area contributed by atoms with Gasteiger partial charge in [0, 0.05) is 30.2 Å². The van der Waals surface area contributed by atoms with Crippen LogP contribution in [0.1, 0.15) is 17.3 Å². The van der Waals surface area contributed by atoms with Crippen molar-refractivity contribution < 1.29 is 14.1 Å². The van der Waals surface area contributed by atoms with Crippen LogP contribution in [-0.2, 0) is 0 Å². The third-order valence-electron chi connectivity index (χ3n) is 2.21. The van der Waals surface area contributed by atoms with E-state index in [4.69, 9.17) is 0 Å². The molecule has 0 saturated heterocycles. The molecule has 0 heterocycles. The summed E-state index contributed by atoms with van der Waals surface area (Å²) in [5, 5.41) is 12.9. The number of non-ortho nitro benzene ring substituents is 1. The van der Waals surface area contributed by atoms with Gasteiger partial charge in [-0.3, -0.25) is 19.3 Å². The second-order valence-electron chi connectivity index (χ2n) is 3.77. The Morgan fingerprint density at radius 2 is 2.06 bits per heavy atom. The first-order valence-corrected chi connectivity index (χ1v) is 5.13. The van der Waals surface area contributed by atoms with Gasteiger partial charge >= 0.3 is 0 Å². The number of halogens is 1. The minimum atomic E-state index is -0.535.